The minimum atomic E-state index is -1.43. The molecule has 27 heteroatoms. The molecule has 0 spiro atoms. The van der Waals surface area contributed by atoms with Crippen molar-refractivity contribution in [3.63, 3.8) is 0 Å². The number of carbonyl (C=O) groups is 12. The minimum absolute atomic E-state index is 0.00952. The summed E-state index contributed by atoms with van der Waals surface area (Å²) in [7, 11) is 0. The Bertz CT molecular complexity index is 2860. The lowest BCUT2D eigenvalue weighted by Crippen LogP contribution is -2.61. The molecular formula is C66H103N15O12. The van der Waals surface area contributed by atoms with Gasteiger partial charge in [-0.05, 0) is 131 Å². The van der Waals surface area contributed by atoms with Gasteiger partial charge < -0.3 is 74.9 Å². The van der Waals surface area contributed by atoms with Crippen LogP contribution in [0.3, 0.4) is 0 Å². The normalized spacial score (nSPS) is 26.2. The van der Waals surface area contributed by atoms with E-state index in [4.69, 9.17) is 17.2 Å². The summed E-state index contributed by atoms with van der Waals surface area (Å²) in [6, 6.07) is 2.74. The van der Waals surface area contributed by atoms with Gasteiger partial charge in [0.15, 0.2) is 0 Å². The number of amides is 13. The Balaban J connectivity index is 1.58. The Morgan fingerprint density at radius 3 is 1.11 bits per heavy atom. The van der Waals surface area contributed by atoms with Crippen molar-refractivity contribution < 1.29 is 57.5 Å². The lowest BCUT2D eigenvalue weighted by atomic mass is 9.99. The molecule has 3 saturated heterocycles. The van der Waals surface area contributed by atoms with Crippen LogP contribution in [0.4, 0.5) is 4.79 Å². The molecule has 0 unspecified atom stereocenters. The molecule has 0 radical (unpaired) electrons. The number of rotatable bonds is 19. The summed E-state index contributed by atoms with van der Waals surface area (Å²) in [6.45, 7) is 14.6. The van der Waals surface area contributed by atoms with Crippen molar-refractivity contribution in [3.05, 3.63) is 71.8 Å². The number of nitrogens with two attached hydrogens (primary N) is 3. The third-order valence-corrected chi connectivity index (χ3v) is 16.9. The van der Waals surface area contributed by atoms with Gasteiger partial charge in [-0.25, -0.2) is 4.79 Å². The Kier molecular flexibility index (Phi) is 30.6. The molecular weight excluding hydrogens is 1190 g/mol. The zero-order valence-electron chi connectivity index (χ0n) is 55.4. The van der Waals surface area contributed by atoms with Crippen LogP contribution in [0.1, 0.15) is 144 Å². The zero-order chi connectivity index (χ0) is 68.5. The van der Waals surface area contributed by atoms with Gasteiger partial charge in [0.25, 0.3) is 5.91 Å². The van der Waals surface area contributed by atoms with Gasteiger partial charge in [-0.15, -0.1) is 0 Å². The van der Waals surface area contributed by atoms with Crippen LogP contribution in [0.5, 0.6) is 0 Å². The number of fused-ring (bicyclic) bond motifs is 2. The van der Waals surface area contributed by atoms with E-state index in [1.807, 2.05) is 27.7 Å². The van der Waals surface area contributed by atoms with Gasteiger partial charge in [0.2, 0.25) is 59.1 Å². The second-order valence-electron chi connectivity index (χ2n) is 26.2. The molecule has 5 rings (SSSR count). The highest BCUT2D eigenvalue weighted by atomic mass is 16.2. The highest BCUT2D eigenvalue weighted by Gasteiger charge is 2.43. The van der Waals surface area contributed by atoms with E-state index >= 15 is 4.79 Å². The van der Waals surface area contributed by atoms with Crippen LogP contribution < -0.4 is 70.4 Å². The van der Waals surface area contributed by atoms with Gasteiger partial charge in [0.05, 0.1) is 0 Å². The summed E-state index contributed by atoms with van der Waals surface area (Å²) in [6.07, 6.45) is 1.92. The van der Waals surface area contributed by atoms with Crippen LogP contribution in [0.2, 0.25) is 0 Å². The number of nitrogens with zero attached hydrogens (tertiary/aromatic N) is 2. The van der Waals surface area contributed by atoms with Gasteiger partial charge in [0.1, 0.15) is 66.5 Å². The van der Waals surface area contributed by atoms with Crippen molar-refractivity contribution in [1.29, 1.82) is 0 Å². The fourth-order valence-corrected chi connectivity index (χ4v) is 11.8. The first-order valence-corrected chi connectivity index (χ1v) is 33.1. The van der Waals surface area contributed by atoms with Crippen molar-refractivity contribution >= 4 is 71.0 Å². The molecule has 11 atom stereocenters. The van der Waals surface area contributed by atoms with Gasteiger partial charge in [-0.2, -0.15) is 0 Å². The molecule has 13 amide bonds. The molecule has 3 aliphatic rings. The first-order chi connectivity index (χ1) is 44.3. The lowest BCUT2D eigenvalue weighted by molar-refractivity contribution is -0.143. The first kappa shape index (κ1) is 75.7. The van der Waals surface area contributed by atoms with Crippen LogP contribution in [0.15, 0.2) is 60.7 Å². The monoisotopic (exact) mass is 1300 g/mol. The van der Waals surface area contributed by atoms with E-state index in [-0.39, 0.29) is 122 Å². The number of benzene rings is 2. The number of carbonyl (C=O) groups excluding carboxylic acids is 12. The number of hydrogen-bond donors (Lipinski definition) is 13. The van der Waals surface area contributed by atoms with E-state index < -0.39 is 149 Å². The van der Waals surface area contributed by atoms with Gasteiger partial charge in [0, 0.05) is 25.9 Å². The standard InChI is InChI=1S/C66H103N15O12/c1-38(2)34-47-58(85)70-44(24-15-29-67)55(82)75-49(36-42-20-11-9-12-21-42)60(87)79-66(93)81-33-19-28-52(81)62(89)78-54(41(7)8)64(91)72-46(26-17-31-69)57(84)74-48(35-39(3)4)59(86)76-50(37-43-22-13-10-14-23-43)65(92)80-32-18-27-51(80)61(88)77-53(40(5)6)63(90)71-45(25-16-30-68)56(83)73-47/h9-14,20-23,38-41,44-54H,15-19,24-37,67-69H2,1-8H3,(H,70,85)(H,71,90)(H,72,91)(H,73,83)(H,74,84)(H,75,82)(H,76,86)(H,77,88)(H,78,89)(H,79,87,93)/t44-,45-,46-,47-,48-,49-,50+,51-,52-,53-,54-/m0/s1. The van der Waals surface area contributed by atoms with Crippen LogP contribution in [0.25, 0.3) is 0 Å². The van der Waals surface area contributed by atoms with Crippen molar-refractivity contribution in [2.24, 2.45) is 40.9 Å². The van der Waals surface area contributed by atoms with Gasteiger partial charge >= 0.3 is 6.03 Å². The van der Waals surface area contributed by atoms with E-state index in [0.29, 0.717) is 24.0 Å². The number of nitrogens with one attached hydrogen (secondary N) is 10. The minimum Gasteiger partial charge on any atom is -0.343 e. The number of urea groups is 1. The second kappa shape index (κ2) is 37.6. The third-order valence-electron chi connectivity index (χ3n) is 16.9. The molecule has 93 heavy (non-hydrogen) atoms. The lowest BCUT2D eigenvalue weighted by Gasteiger charge is -2.32. The maximum atomic E-state index is 15.0. The molecule has 0 saturated carbocycles. The van der Waals surface area contributed by atoms with Gasteiger partial charge in [-0.3, -0.25) is 58.1 Å². The van der Waals surface area contributed by atoms with E-state index in [9.17, 15) is 52.7 Å². The van der Waals surface area contributed by atoms with Crippen LogP contribution in [-0.4, -0.2) is 180 Å². The average Bonchev–Trinajstić information content (AvgIpc) is 1.80. The predicted octanol–water partition coefficient (Wildman–Crippen LogP) is 0.161. The molecule has 514 valence electrons. The summed E-state index contributed by atoms with van der Waals surface area (Å²) in [4.78, 5) is 177. The first-order valence-electron chi connectivity index (χ1n) is 33.1. The molecule has 3 aliphatic heterocycles. The summed E-state index contributed by atoms with van der Waals surface area (Å²) < 4.78 is 0. The van der Waals surface area contributed by atoms with Gasteiger partial charge in [-0.1, -0.05) is 116 Å². The Morgan fingerprint density at radius 2 is 0.720 bits per heavy atom. The highest BCUT2D eigenvalue weighted by molar-refractivity contribution is 6.02. The molecule has 3 heterocycles. The quantitative estimate of drug-likeness (QED) is 0.0891. The Morgan fingerprint density at radius 1 is 0.387 bits per heavy atom. The van der Waals surface area contributed by atoms with Crippen molar-refractivity contribution in [2.75, 3.05) is 32.7 Å². The van der Waals surface area contributed by atoms with E-state index in [2.05, 4.69) is 53.2 Å². The fourth-order valence-electron chi connectivity index (χ4n) is 11.8. The fraction of sp³-hybridized carbons (Fsp3) is 0.636. The molecule has 0 aromatic heterocycles. The molecule has 27 nitrogen and oxygen atoms in total. The molecule has 0 aliphatic carbocycles. The van der Waals surface area contributed by atoms with E-state index in [0.717, 1.165) is 4.90 Å². The molecule has 0 bridgehead atoms. The van der Waals surface area contributed by atoms with Crippen molar-refractivity contribution in [1.82, 2.24) is 63.0 Å². The predicted molar refractivity (Wildman–Crippen MR) is 349 cm³/mol. The molecule has 2 aromatic carbocycles. The van der Waals surface area contributed by atoms with E-state index in [1.165, 1.54) is 4.90 Å². The smallest absolute Gasteiger partial charge is 0.324 e. The SMILES string of the molecule is CC(C)C[C@@H]1NC(=O)[C@H](CCCN)NC(=O)[C@H](C(C)C)NC(=O)[C@@H]2CCCN2C(=O)[C@@H](Cc2ccccc2)NC(=O)[C@H](CC(C)C)NC(=O)[C@H](CCCN)NC(=O)[C@H](C(C)C)NC(=O)[C@@H]2CCCN2C(=O)NC(=O)[C@H](Cc2ccccc2)NC(=O)[C@H](CCCN)NC1=O. The topological polar surface area (TPSA) is 410 Å². The highest BCUT2D eigenvalue weighted by Crippen LogP contribution is 2.23. The molecule has 2 aromatic rings. The van der Waals surface area contributed by atoms with Crippen LogP contribution >= 0.6 is 0 Å². The van der Waals surface area contributed by atoms with Crippen LogP contribution in [0, 0.1) is 23.7 Å². The summed E-state index contributed by atoms with van der Waals surface area (Å²) in [5.74, 6) is -9.71. The van der Waals surface area contributed by atoms with Crippen molar-refractivity contribution in [2.45, 2.75) is 212 Å². The second-order valence-corrected chi connectivity index (χ2v) is 26.2. The third kappa shape index (κ3) is 23.2. The number of imide groups is 1. The summed E-state index contributed by atoms with van der Waals surface area (Å²) in [5.41, 5.74) is 19.1. The largest absolute Gasteiger partial charge is 0.343 e. The summed E-state index contributed by atoms with van der Waals surface area (Å²) in [5, 5.41) is 27.5. The van der Waals surface area contributed by atoms with Crippen molar-refractivity contribution in [3.8, 4) is 0 Å². The van der Waals surface area contributed by atoms with E-state index in [1.54, 1.807) is 88.4 Å². The number of hydrogen-bond acceptors (Lipinski definition) is 15. The average molecular weight is 1300 g/mol. The zero-order valence-corrected chi connectivity index (χ0v) is 55.4. The summed E-state index contributed by atoms with van der Waals surface area (Å²) >= 11 is 0. The maximum absolute atomic E-state index is 15.0. The Hall–Kier alpha value is -8.04. The Labute approximate surface area is 546 Å². The molecule has 16 N–H and O–H groups in total. The molecule has 3 fully saturated rings. The van der Waals surface area contributed by atoms with Crippen LogP contribution in [-0.2, 0) is 65.6 Å². The maximum Gasteiger partial charge on any atom is 0.324 e.